The number of hydrogen-bond donors (Lipinski definition) is 1. The lowest BCUT2D eigenvalue weighted by molar-refractivity contribution is 0.0986. The molecule has 1 atom stereocenters. The van der Waals surface area contributed by atoms with Crippen LogP contribution in [0.2, 0.25) is 0 Å². The molecule has 1 aliphatic heterocycles. The highest BCUT2D eigenvalue weighted by Crippen LogP contribution is 2.33. The molecule has 2 aromatic rings. The summed E-state index contributed by atoms with van der Waals surface area (Å²) in [5.74, 6) is -0.667. The second kappa shape index (κ2) is 5.66. The van der Waals surface area contributed by atoms with Gasteiger partial charge in [-0.2, -0.15) is 0 Å². The number of nitrogens with zero attached hydrogens (tertiary/aromatic N) is 1. The topological polar surface area (TPSA) is 40.5 Å². The Labute approximate surface area is 122 Å². The van der Waals surface area contributed by atoms with E-state index in [1.165, 1.54) is 18.2 Å². The van der Waals surface area contributed by atoms with Gasteiger partial charge in [-0.15, -0.1) is 0 Å². The molecule has 0 saturated heterocycles. The molecule has 0 aromatic heterocycles. The second-order valence-electron chi connectivity index (χ2n) is 5.18. The molecule has 0 aliphatic carbocycles. The fourth-order valence-corrected chi connectivity index (χ4v) is 2.72. The van der Waals surface area contributed by atoms with E-state index in [1.54, 1.807) is 11.0 Å². The van der Waals surface area contributed by atoms with E-state index in [9.17, 15) is 14.3 Å². The van der Waals surface area contributed by atoms with Crippen LogP contribution in [-0.2, 0) is 0 Å². The molecule has 4 heteroatoms. The maximum Gasteiger partial charge on any atom is 0.258 e. The fraction of sp³-hybridized carbons (Fsp3) is 0.235. The van der Waals surface area contributed by atoms with Crippen LogP contribution in [0.25, 0.3) is 0 Å². The van der Waals surface area contributed by atoms with Crippen LogP contribution in [-0.4, -0.2) is 17.6 Å². The molecule has 0 saturated carbocycles. The summed E-state index contributed by atoms with van der Waals surface area (Å²) in [5, 5.41) is 10.2. The van der Waals surface area contributed by atoms with E-state index in [2.05, 4.69) is 0 Å². The van der Waals surface area contributed by atoms with Crippen LogP contribution in [0.1, 0.15) is 34.9 Å². The van der Waals surface area contributed by atoms with E-state index in [-0.39, 0.29) is 5.91 Å². The summed E-state index contributed by atoms with van der Waals surface area (Å²) < 4.78 is 13.3. The molecule has 1 heterocycles. The van der Waals surface area contributed by atoms with Gasteiger partial charge in [0.05, 0.1) is 6.10 Å². The third kappa shape index (κ3) is 2.67. The van der Waals surface area contributed by atoms with Crippen LogP contribution in [0.4, 0.5) is 10.1 Å². The molecule has 2 aromatic carbocycles. The molecule has 0 fully saturated rings. The first kappa shape index (κ1) is 13.8. The number of benzene rings is 2. The van der Waals surface area contributed by atoms with Gasteiger partial charge in [0.2, 0.25) is 0 Å². The molecule has 1 N–H and O–H groups in total. The number of para-hydroxylation sites is 1. The minimum absolute atomic E-state index is 0.240. The lowest BCUT2D eigenvalue weighted by Gasteiger charge is -2.23. The van der Waals surface area contributed by atoms with Gasteiger partial charge in [0.15, 0.2) is 0 Å². The van der Waals surface area contributed by atoms with Crippen molar-refractivity contribution in [2.45, 2.75) is 18.9 Å². The number of halogens is 1. The van der Waals surface area contributed by atoms with Crippen LogP contribution in [0.3, 0.4) is 0 Å². The van der Waals surface area contributed by atoms with Gasteiger partial charge in [-0.05, 0) is 37.1 Å². The van der Waals surface area contributed by atoms with E-state index in [1.807, 2.05) is 24.3 Å². The van der Waals surface area contributed by atoms with Crippen LogP contribution < -0.4 is 4.90 Å². The minimum Gasteiger partial charge on any atom is -0.388 e. The lowest BCUT2D eigenvalue weighted by atomic mass is 10.0. The largest absolute Gasteiger partial charge is 0.388 e. The van der Waals surface area contributed by atoms with Gasteiger partial charge in [0.25, 0.3) is 5.91 Å². The van der Waals surface area contributed by atoms with Crippen molar-refractivity contribution in [3.63, 3.8) is 0 Å². The molecule has 3 rings (SSSR count). The Morgan fingerprint density at radius 2 is 2.00 bits per heavy atom. The lowest BCUT2D eigenvalue weighted by Crippen LogP contribution is -2.31. The predicted molar refractivity (Wildman–Crippen MR) is 78.7 cm³/mol. The molecule has 3 nitrogen and oxygen atoms in total. The highest BCUT2D eigenvalue weighted by Gasteiger charge is 2.25. The summed E-state index contributed by atoms with van der Waals surface area (Å²) in [4.78, 5) is 14.3. The number of carbonyl (C=O) groups is 1. The number of amides is 1. The summed E-state index contributed by atoms with van der Waals surface area (Å²) in [6.45, 7) is 0.517. The minimum atomic E-state index is -0.563. The van der Waals surface area contributed by atoms with E-state index < -0.39 is 11.9 Å². The van der Waals surface area contributed by atoms with Crippen molar-refractivity contribution in [1.82, 2.24) is 0 Å². The van der Waals surface area contributed by atoms with Crippen molar-refractivity contribution < 1.29 is 14.3 Å². The van der Waals surface area contributed by atoms with Crippen LogP contribution in [0.5, 0.6) is 0 Å². The number of rotatable bonds is 1. The number of fused-ring (bicyclic) bond motifs is 1. The summed E-state index contributed by atoms with van der Waals surface area (Å²) in [7, 11) is 0. The van der Waals surface area contributed by atoms with Gasteiger partial charge in [0.1, 0.15) is 5.82 Å². The summed E-state index contributed by atoms with van der Waals surface area (Å²) in [6, 6.07) is 13.0. The molecule has 21 heavy (non-hydrogen) atoms. The highest BCUT2D eigenvalue weighted by molar-refractivity contribution is 6.06. The Hall–Kier alpha value is -2.20. The smallest absolute Gasteiger partial charge is 0.258 e. The van der Waals surface area contributed by atoms with Gasteiger partial charge in [-0.3, -0.25) is 4.79 Å². The van der Waals surface area contributed by atoms with Gasteiger partial charge >= 0.3 is 0 Å². The van der Waals surface area contributed by atoms with E-state index in [4.69, 9.17) is 0 Å². The fourth-order valence-electron chi connectivity index (χ4n) is 2.72. The van der Waals surface area contributed by atoms with Crippen molar-refractivity contribution in [2.24, 2.45) is 0 Å². The van der Waals surface area contributed by atoms with E-state index >= 15 is 0 Å². The van der Waals surface area contributed by atoms with Gasteiger partial charge in [-0.1, -0.05) is 24.3 Å². The molecule has 1 aliphatic rings. The number of hydrogen-bond acceptors (Lipinski definition) is 2. The van der Waals surface area contributed by atoms with Crippen molar-refractivity contribution >= 4 is 11.6 Å². The van der Waals surface area contributed by atoms with Gasteiger partial charge < -0.3 is 10.0 Å². The summed E-state index contributed by atoms with van der Waals surface area (Å²) >= 11 is 0. The Bertz CT molecular complexity index is 671. The number of carbonyl (C=O) groups excluding carboxylic acids is 1. The first-order valence-electron chi connectivity index (χ1n) is 7.01. The average molecular weight is 285 g/mol. The predicted octanol–water partition coefficient (Wildman–Crippen LogP) is 3.30. The average Bonchev–Trinajstić information content (AvgIpc) is 2.66. The van der Waals surface area contributed by atoms with Crippen molar-refractivity contribution in [1.29, 1.82) is 0 Å². The van der Waals surface area contributed by atoms with Crippen molar-refractivity contribution in [2.75, 3.05) is 11.4 Å². The maximum atomic E-state index is 13.3. The second-order valence-corrected chi connectivity index (χ2v) is 5.18. The molecule has 1 amide bonds. The Morgan fingerprint density at radius 1 is 1.19 bits per heavy atom. The van der Waals surface area contributed by atoms with Crippen molar-refractivity contribution in [3.8, 4) is 0 Å². The monoisotopic (exact) mass is 285 g/mol. The van der Waals surface area contributed by atoms with Crippen LogP contribution in [0, 0.1) is 5.82 Å². The quantitative estimate of drug-likeness (QED) is 0.873. The highest BCUT2D eigenvalue weighted by atomic mass is 19.1. The Morgan fingerprint density at radius 3 is 2.81 bits per heavy atom. The zero-order valence-electron chi connectivity index (χ0n) is 11.5. The summed E-state index contributed by atoms with van der Waals surface area (Å²) in [6.07, 6.45) is 0.757. The Kier molecular flexibility index (Phi) is 3.71. The third-order valence-electron chi connectivity index (χ3n) is 3.76. The number of anilines is 1. The first-order chi connectivity index (χ1) is 10.2. The molecular formula is C17H16FNO2. The van der Waals surface area contributed by atoms with Crippen LogP contribution in [0.15, 0.2) is 48.5 Å². The van der Waals surface area contributed by atoms with E-state index in [0.29, 0.717) is 30.6 Å². The molecule has 108 valence electrons. The Balaban J connectivity index is 2.02. The molecule has 0 bridgehead atoms. The number of aliphatic hydroxyl groups excluding tert-OH is 1. The SMILES string of the molecule is O=C(c1cccc(F)c1)N1CCCC(O)c2ccccc21. The van der Waals surface area contributed by atoms with E-state index in [0.717, 1.165) is 5.56 Å². The third-order valence-corrected chi connectivity index (χ3v) is 3.76. The van der Waals surface area contributed by atoms with Gasteiger partial charge in [-0.25, -0.2) is 4.39 Å². The zero-order chi connectivity index (χ0) is 14.8. The summed E-state index contributed by atoms with van der Waals surface area (Å²) in [5.41, 5.74) is 1.78. The first-order valence-corrected chi connectivity index (χ1v) is 7.01. The molecule has 1 unspecified atom stereocenters. The van der Waals surface area contributed by atoms with Gasteiger partial charge in [0, 0.05) is 23.4 Å². The maximum absolute atomic E-state index is 13.3. The van der Waals surface area contributed by atoms with Crippen molar-refractivity contribution in [3.05, 3.63) is 65.5 Å². The molecule has 0 radical (unpaired) electrons. The molecular weight excluding hydrogens is 269 g/mol. The standard InChI is InChI=1S/C17H16FNO2/c18-13-6-3-5-12(11-13)17(21)19-10-4-9-16(20)14-7-1-2-8-15(14)19/h1-3,5-8,11,16,20H,4,9-10H2. The normalized spacial score (nSPS) is 18.0. The molecule has 0 spiro atoms. The zero-order valence-corrected chi connectivity index (χ0v) is 11.5. The number of aliphatic hydroxyl groups is 1. The van der Waals surface area contributed by atoms with Crippen LogP contribution >= 0.6 is 0 Å².